The minimum absolute atomic E-state index is 0.283. The molecule has 1 aromatic rings. The van der Waals surface area contributed by atoms with Gasteiger partial charge in [0.2, 0.25) is 10.0 Å². The fourth-order valence-electron chi connectivity index (χ4n) is 2.93. The molecule has 1 aliphatic rings. The summed E-state index contributed by atoms with van der Waals surface area (Å²) in [4.78, 5) is 0.284. The van der Waals surface area contributed by atoms with Crippen molar-refractivity contribution in [1.29, 1.82) is 0 Å². The van der Waals surface area contributed by atoms with Crippen LogP contribution in [0, 0.1) is 12.8 Å². The predicted molar refractivity (Wildman–Crippen MR) is 90.0 cm³/mol. The lowest BCUT2D eigenvalue weighted by atomic mass is 9.73. The van der Waals surface area contributed by atoms with Crippen molar-refractivity contribution in [2.45, 2.75) is 56.5 Å². The molecule has 0 heterocycles. The van der Waals surface area contributed by atoms with Gasteiger partial charge in [0, 0.05) is 11.6 Å². The third-order valence-corrected chi connectivity index (χ3v) is 6.16. The van der Waals surface area contributed by atoms with Crippen LogP contribution >= 0.6 is 0 Å². The lowest BCUT2D eigenvalue weighted by Crippen LogP contribution is -2.59. The minimum Gasteiger partial charge on any atom is -0.324 e. The van der Waals surface area contributed by atoms with Gasteiger partial charge in [0.25, 0.3) is 0 Å². The highest BCUT2D eigenvalue weighted by molar-refractivity contribution is 7.89. The summed E-state index contributed by atoms with van der Waals surface area (Å²) in [5.41, 5.74) is 7.92. The van der Waals surface area contributed by atoms with Crippen LogP contribution in [0.2, 0.25) is 0 Å². The highest BCUT2D eigenvalue weighted by Crippen LogP contribution is 2.34. The van der Waals surface area contributed by atoms with Crippen LogP contribution in [0.4, 0.5) is 0 Å². The van der Waals surface area contributed by atoms with Crippen LogP contribution < -0.4 is 10.5 Å². The van der Waals surface area contributed by atoms with Gasteiger partial charge < -0.3 is 5.73 Å². The second-order valence-electron chi connectivity index (χ2n) is 6.81. The van der Waals surface area contributed by atoms with E-state index < -0.39 is 15.6 Å². The molecule has 122 valence electrons. The summed E-state index contributed by atoms with van der Waals surface area (Å²) >= 11 is 0. The lowest BCUT2D eigenvalue weighted by Gasteiger charge is -2.42. The molecule has 5 heteroatoms. The number of sulfonamides is 1. The van der Waals surface area contributed by atoms with Gasteiger partial charge >= 0.3 is 0 Å². The van der Waals surface area contributed by atoms with Gasteiger partial charge in [0.1, 0.15) is 0 Å². The Morgan fingerprint density at radius 2 is 1.95 bits per heavy atom. The first-order valence-electron chi connectivity index (χ1n) is 7.65. The van der Waals surface area contributed by atoms with E-state index >= 15 is 0 Å². The van der Waals surface area contributed by atoms with Crippen LogP contribution in [0.3, 0.4) is 0 Å². The number of nitrogens with one attached hydrogen (secondary N) is 1. The number of hydrogen-bond donors (Lipinski definition) is 2. The van der Waals surface area contributed by atoms with Crippen molar-refractivity contribution in [2.24, 2.45) is 11.7 Å². The zero-order chi connectivity index (χ0) is 16.5. The number of rotatable bonds is 4. The highest BCUT2D eigenvalue weighted by Gasteiger charge is 2.39. The van der Waals surface area contributed by atoms with Crippen LogP contribution in [0.15, 0.2) is 41.3 Å². The Balaban J connectivity index is 2.22. The molecule has 0 amide bonds. The topological polar surface area (TPSA) is 72.2 Å². The Hall–Kier alpha value is -1.17. The predicted octanol–water partition coefficient (Wildman–Crippen LogP) is 2.74. The van der Waals surface area contributed by atoms with Crippen molar-refractivity contribution in [2.75, 3.05) is 0 Å². The van der Waals surface area contributed by atoms with E-state index in [4.69, 9.17) is 5.73 Å². The minimum atomic E-state index is -3.56. The fraction of sp³-hybridized carbons (Fsp3) is 0.529. The molecule has 0 spiro atoms. The number of nitrogens with two attached hydrogens (primary N) is 1. The smallest absolute Gasteiger partial charge is 0.240 e. The number of aryl methyl sites for hydroxylation is 1. The Labute approximate surface area is 133 Å². The molecule has 3 N–H and O–H groups in total. The number of benzene rings is 1. The van der Waals surface area contributed by atoms with Gasteiger partial charge in [-0.05, 0) is 58.1 Å². The molecular formula is C17H26N2O2S. The van der Waals surface area contributed by atoms with E-state index in [1.165, 1.54) is 0 Å². The number of hydrogen-bond acceptors (Lipinski definition) is 3. The van der Waals surface area contributed by atoms with E-state index in [1.807, 2.05) is 20.8 Å². The van der Waals surface area contributed by atoms with Crippen molar-refractivity contribution >= 4 is 10.0 Å². The zero-order valence-electron chi connectivity index (χ0n) is 13.6. The van der Waals surface area contributed by atoms with E-state index in [2.05, 4.69) is 11.3 Å². The summed E-state index contributed by atoms with van der Waals surface area (Å²) in [6.45, 7) is 9.85. The largest absolute Gasteiger partial charge is 0.324 e. The second-order valence-corrected chi connectivity index (χ2v) is 8.52. The molecule has 1 saturated carbocycles. The van der Waals surface area contributed by atoms with Crippen LogP contribution in [0.25, 0.3) is 0 Å². The normalized spacial score (nSPS) is 29.3. The molecule has 0 saturated heterocycles. The van der Waals surface area contributed by atoms with Gasteiger partial charge in [0.15, 0.2) is 0 Å². The molecule has 0 radical (unpaired) electrons. The van der Waals surface area contributed by atoms with E-state index in [9.17, 15) is 8.42 Å². The van der Waals surface area contributed by atoms with Gasteiger partial charge in [0.05, 0.1) is 4.90 Å². The molecule has 1 aliphatic carbocycles. The molecule has 0 aliphatic heterocycles. The molecule has 1 fully saturated rings. The molecule has 22 heavy (non-hydrogen) atoms. The summed E-state index contributed by atoms with van der Waals surface area (Å²) in [7, 11) is -3.56. The first kappa shape index (κ1) is 17.2. The maximum atomic E-state index is 12.6. The lowest BCUT2D eigenvalue weighted by molar-refractivity contribution is 0.220. The van der Waals surface area contributed by atoms with E-state index in [1.54, 1.807) is 24.3 Å². The summed E-state index contributed by atoms with van der Waals surface area (Å²) in [5.74, 6) is 0.322. The highest BCUT2D eigenvalue weighted by atomic mass is 32.2. The van der Waals surface area contributed by atoms with E-state index in [0.717, 1.165) is 24.0 Å². The summed E-state index contributed by atoms with van der Waals surface area (Å²) in [6.07, 6.45) is 2.45. The summed E-state index contributed by atoms with van der Waals surface area (Å²) < 4.78 is 28.0. The van der Waals surface area contributed by atoms with Crippen LogP contribution in [0.5, 0.6) is 0 Å². The Bertz CT molecular complexity index is 648. The van der Waals surface area contributed by atoms with Crippen LogP contribution in [-0.4, -0.2) is 20.0 Å². The Morgan fingerprint density at radius 3 is 2.50 bits per heavy atom. The van der Waals surface area contributed by atoms with Crippen molar-refractivity contribution in [1.82, 2.24) is 4.72 Å². The molecule has 2 rings (SSSR count). The first-order valence-corrected chi connectivity index (χ1v) is 9.13. The molecule has 0 unspecified atom stereocenters. The maximum absolute atomic E-state index is 12.6. The molecule has 0 bridgehead atoms. The average Bonchev–Trinajstić information content (AvgIpc) is 2.41. The third-order valence-electron chi connectivity index (χ3n) is 4.67. The van der Waals surface area contributed by atoms with Crippen molar-refractivity contribution in [3.63, 3.8) is 0 Å². The van der Waals surface area contributed by atoms with Gasteiger partial charge in [-0.3, -0.25) is 0 Å². The number of allylic oxidation sites excluding steroid dienone is 1. The van der Waals surface area contributed by atoms with Crippen molar-refractivity contribution in [3.05, 3.63) is 42.0 Å². The molecule has 4 nitrogen and oxygen atoms in total. The van der Waals surface area contributed by atoms with Gasteiger partial charge in [-0.2, -0.15) is 0 Å². The van der Waals surface area contributed by atoms with Gasteiger partial charge in [-0.15, -0.1) is 0 Å². The summed E-state index contributed by atoms with van der Waals surface area (Å²) in [6, 6.07) is 6.57. The standard InChI is InChI=1S/C17H26N2O2S/c1-12(2)14-9-10-17(4,18)16(11-14)19-22(20,21)15-7-5-13(3)6-8-15/h5-8,14,16,19H,1,9-11,18H2,2-4H3/t14-,16+,17+/m1/s1. The molecular weight excluding hydrogens is 296 g/mol. The maximum Gasteiger partial charge on any atom is 0.240 e. The molecule has 1 aromatic carbocycles. The van der Waals surface area contributed by atoms with Gasteiger partial charge in [-0.25, -0.2) is 13.1 Å². The van der Waals surface area contributed by atoms with Crippen molar-refractivity contribution < 1.29 is 8.42 Å². The Morgan fingerprint density at radius 1 is 1.36 bits per heavy atom. The quantitative estimate of drug-likeness (QED) is 0.837. The molecule has 3 atom stereocenters. The third kappa shape index (κ3) is 3.77. The average molecular weight is 322 g/mol. The zero-order valence-corrected chi connectivity index (χ0v) is 14.4. The van der Waals surface area contributed by atoms with E-state index in [0.29, 0.717) is 12.3 Å². The Kier molecular flexibility index (Phi) is 4.80. The van der Waals surface area contributed by atoms with E-state index in [-0.39, 0.29) is 10.9 Å². The monoisotopic (exact) mass is 322 g/mol. The SMILES string of the molecule is C=C(C)[C@@H]1CC[C@](C)(N)[C@@H](NS(=O)(=O)c2ccc(C)cc2)C1. The van der Waals surface area contributed by atoms with Crippen LogP contribution in [0.1, 0.15) is 38.7 Å². The van der Waals surface area contributed by atoms with Crippen molar-refractivity contribution in [3.8, 4) is 0 Å². The van der Waals surface area contributed by atoms with Crippen LogP contribution in [-0.2, 0) is 10.0 Å². The second kappa shape index (κ2) is 6.14. The van der Waals surface area contributed by atoms with Gasteiger partial charge in [-0.1, -0.05) is 29.8 Å². The summed E-state index contributed by atoms with van der Waals surface area (Å²) in [5, 5.41) is 0. The first-order chi connectivity index (χ1) is 10.1. The fourth-order valence-corrected chi connectivity index (χ4v) is 4.30. The molecule has 0 aromatic heterocycles.